The molecule has 0 spiro atoms. The molecule has 3 rings (SSSR count). The number of fused-ring (bicyclic) bond motifs is 1. The first-order valence-electron chi connectivity index (χ1n) is 7.05. The number of hydrogen-bond acceptors (Lipinski definition) is 4. The van der Waals surface area contributed by atoms with Crippen LogP contribution in [0, 0.1) is 11.8 Å². The van der Waals surface area contributed by atoms with Crippen molar-refractivity contribution in [3.8, 4) is 11.5 Å². The maximum absolute atomic E-state index is 5.83. The van der Waals surface area contributed by atoms with Gasteiger partial charge in [-0.2, -0.15) is 0 Å². The molecule has 0 saturated carbocycles. The molecule has 2 fully saturated rings. The average Bonchev–Trinajstić information content (AvgIpc) is 3.00. The molecule has 4 heteroatoms. The molecular formula is C15H22N2O2. The molecule has 2 atom stereocenters. The fourth-order valence-electron chi connectivity index (χ4n) is 3.16. The van der Waals surface area contributed by atoms with Crippen molar-refractivity contribution in [1.29, 1.82) is 0 Å². The fourth-order valence-corrected chi connectivity index (χ4v) is 3.16. The van der Waals surface area contributed by atoms with Gasteiger partial charge in [0.05, 0.1) is 7.11 Å². The summed E-state index contributed by atoms with van der Waals surface area (Å²) in [5.74, 6) is 3.36. The number of benzene rings is 1. The van der Waals surface area contributed by atoms with Gasteiger partial charge in [-0.3, -0.25) is 4.90 Å². The van der Waals surface area contributed by atoms with Crippen molar-refractivity contribution in [3.05, 3.63) is 24.3 Å². The summed E-state index contributed by atoms with van der Waals surface area (Å²) in [6, 6.07) is 7.83. The van der Waals surface area contributed by atoms with E-state index in [1.165, 1.54) is 26.2 Å². The number of likely N-dealkylation sites (tertiary alicyclic amines) is 1. The van der Waals surface area contributed by atoms with Gasteiger partial charge >= 0.3 is 0 Å². The molecule has 2 heterocycles. The molecule has 2 aliphatic rings. The summed E-state index contributed by atoms with van der Waals surface area (Å²) >= 11 is 0. The van der Waals surface area contributed by atoms with Crippen molar-refractivity contribution < 1.29 is 9.47 Å². The van der Waals surface area contributed by atoms with E-state index in [4.69, 9.17) is 9.47 Å². The first-order chi connectivity index (χ1) is 9.36. The van der Waals surface area contributed by atoms with E-state index in [0.717, 1.165) is 36.5 Å². The first-order valence-corrected chi connectivity index (χ1v) is 7.05. The van der Waals surface area contributed by atoms with Gasteiger partial charge in [-0.05, 0) is 37.1 Å². The summed E-state index contributed by atoms with van der Waals surface area (Å²) in [7, 11) is 1.68. The van der Waals surface area contributed by atoms with E-state index in [2.05, 4.69) is 10.2 Å². The van der Waals surface area contributed by atoms with Gasteiger partial charge in [0, 0.05) is 19.6 Å². The van der Waals surface area contributed by atoms with Crippen LogP contribution in [0.5, 0.6) is 11.5 Å². The van der Waals surface area contributed by atoms with Gasteiger partial charge < -0.3 is 14.8 Å². The van der Waals surface area contributed by atoms with Crippen LogP contribution >= 0.6 is 0 Å². The molecule has 104 valence electrons. The second-order valence-electron chi connectivity index (χ2n) is 5.44. The Hall–Kier alpha value is -1.26. The van der Waals surface area contributed by atoms with E-state index in [0.29, 0.717) is 0 Å². The molecule has 1 aromatic carbocycles. The SMILES string of the molecule is COc1ccccc1OCCN1CC2CNCC2C1. The van der Waals surface area contributed by atoms with Crippen LogP contribution < -0.4 is 14.8 Å². The van der Waals surface area contributed by atoms with Crippen molar-refractivity contribution in [3.63, 3.8) is 0 Å². The minimum absolute atomic E-state index is 0.729. The summed E-state index contributed by atoms with van der Waals surface area (Å²) < 4.78 is 11.1. The van der Waals surface area contributed by atoms with Gasteiger partial charge in [0.2, 0.25) is 0 Å². The predicted octanol–water partition coefficient (Wildman–Crippen LogP) is 1.23. The summed E-state index contributed by atoms with van der Waals surface area (Å²) in [5.41, 5.74) is 0. The minimum Gasteiger partial charge on any atom is -0.493 e. The Morgan fingerprint density at radius 3 is 2.53 bits per heavy atom. The van der Waals surface area contributed by atoms with Crippen LogP contribution in [-0.4, -0.2) is 51.3 Å². The molecule has 0 amide bonds. The van der Waals surface area contributed by atoms with E-state index < -0.39 is 0 Å². The van der Waals surface area contributed by atoms with E-state index in [-0.39, 0.29) is 0 Å². The van der Waals surface area contributed by atoms with E-state index in [9.17, 15) is 0 Å². The number of rotatable bonds is 5. The molecule has 0 aliphatic carbocycles. The van der Waals surface area contributed by atoms with Crippen LogP contribution in [0.25, 0.3) is 0 Å². The van der Waals surface area contributed by atoms with Crippen molar-refractivity contribution in [2.45, 2.75) is 0 Å². The first kappa shape index (κ1) is 12.8. The summed E-state index contributed by atoms with van der Waals surface area (Å²) in [5, 5.41) is 3.47. The van der Waals surface area contributed by atoms with Crippen LogP contribution in [0.3, 0.4) is 0 Å². The molecule has 4 nitrogen and oxygen atoms in total. The van der Waals surface area contributed by atoms with Gasteiger partial charge in [-0.25, -0.2) is 0 Å². The van der Waals surface area contributed by atoms with Crippen molar-refractivity contribution in [2.75, 3.05) is 46.4 Å². The second kappa shape index (κ2) is 5.80. The van der Waals surface area contributed by atoms with Gasteiger partial charge in [0.15, 0.2) is 11.5 Å². The monoisotopic (exact) mass is 262 g/mol. The molecule has 19 heavy (non-hydrogen) atoms. The van der Waals surface area contributed by atoms with Crippen molar-refractivity contribution in [2.24, 2.45) is 11.8 Å². The molecule has 1 aromatic rings. The third-order valence-electron chi connectivity index (χ3n) is 4.20. The Bertz CT molecular complexity index is 412. The van der Waals surface area contributed by atoms with Gasteiger partial charge in [0.1, 0.15) is 6.61 Å². The number of nitrogens with one attached hydrogen (secondary N) is 1. The van der Waals surface area contributed by atoms with Crippen LogP contribution in [0.1, 0.15) is 0 Å². The Labute approximate surface area is 114 Å². The Balaban J connectivity index is 1.46. The van der Waals surface area contributed by atoms with E-state index in [1.807, 2.05) is 24.3 Å². The Morgan fingerprint density at radius 1 is 1.16 bits per heavy atom. The van der Waals surface area contributed by atoms with Crippen molar-refractivity contribution >= 4 is 0 Å². The van der Waals surface area contributed by atoms with Gasteiger partial charge in [-0.1, -0.05) is 12.1 Å². The molecule has 0 aromatic heterocycles. The highest BCUT2D eigenvalue weighted by molar-refractivity contribution is 5.39. The smallest absolute Gasteiger partial charge is 0.161 e. The molecule has 2 unspecified atom stereocenters. The topological polar surface area (TPSA) is 33.7 Å². The summed E-state index contributed by atoms with van der Waals surface area (Å²) in [4.78, 5) is 2.52. The fraction of sp³-hybridized carbons (Fsp3) is 0.600. The maximum Gasteiger partial charge on any atom is 0.161 e. The third kappa shape index (κ3) is 2.85. The van der Waals surface area contributed by atoms with Crippen LogP contribution in [0.4, 0.5) is 0 Å². The van der Waals surface area contributed by atoms with E-state index in [1.54, 1.807) is 7.11 Å². The van der Waals surface area contributed by atoms with Gasteiger partial charge in [0.25, 0.3) is 0 Å². The Kier molecular flexibility index (Phi) is 3.89. The largest absolute Gasteiger partial charge is 0.493 e. The summed E-state index contributed by atoms with van der Waals surface area (Å²) in [6.07, 6.45) is 0. The quantitative estimate of drug-likeness (QED) is 0.865. The second-order valence-corrected chi connectivity index (χ2v) is 5.44. The lowest BCUT2D eigenvalue weighted by molar-refractivity contribution is 0.222. The third-order valence-corrected chi connectivity index (χ3v) is 4.20. The standard InChI is InChI=1S/C15H22N2O2/c1-18-14-4-2-3-5-15(14)19-7-6-17-10-12-8-16-9-13(12)11-17/h2-5,12-13,16H,6-11H2,1H3. The zero-order chi connectivity index (χ0) is 13.1. The van der Waals surface area contributed by atoms with Crippen LogP contribution in [-0.2, 0) is 0 Å². The highest BCUT2D eigenvalue weighted by Crippen LogP contribution is 2.27. The number of hydrogen-bond donors (Lipinski definition) is 1. The lowest BCUT2D eigenvalue weighted by Crippen LogP contribution is -2.29. The lowest BCUT2D eigenvalue weighted by Gasteiger charge is -2.17. The maximum atomic E-state index is 5.83. The Morgan fingerprint density at radius 2 is 1.84 bits per heavy atom. The van der Waals surface area contributed by atoms with Gasteiger partial charge in [-0.15, -0.1) is 0 Å². The zero-order valence-corrected chi connectivity index (χ0v) is 11.5. The molecule has 2 saturated heterocycles. The number of ether oxygens (including phenoxy) is 2. The molecule has 2 aliphatic heterocycles. The number of methoxy groups -OCH3 is 1. The molecular weight excluding hydrogens is 240 g/mol. The molecule has 1 N–H and O–H groups in total. The number of nitrogens with zero attached hydrogens (tertiary/aromatic N) is 1. The summed E-state index contributed by atoms with van der Waals surface area (Å²) in [6.45, 7) is 6.54. The highest BCUT2D eigenvalue weighted by atomic mass is 16.5. The zero-order valence-electron chi connectivity index (χ0n) is 11.5. The molecule has 0 bridgehead atoms. The molecule has 0 radical (unpaired) electrons. The van der Waals surface area contributed by atoms with Crippen LogP contribution in [0.15, 0.2) is 24.3 Å². The normalized spacial score (nSPS) is 26.4. The predicted molar refractivity (Wildman–Crippen MR) is 74.8 cm³/mol. The van der Waals surface area contributed by atoms with Crippen molar-refractivity contribution in [1.82, 2.24) is 10.2 Å². The highest BCUT2D eigenvalue weighted by Gasteiger charge is 2.35. The average molecular weight is 262 g/mol. The number of para-hydroxylation sites is 2. The van der Waals surface area contributed by atoms with Crippen LogP contribution in [0.2, 0.25) is 0 Å². The van der Waals surface area contributed by atoms with E-state index >= 15 is 0 Å². The minimum atomic E-state index is 0.729. The lowest BCUT2D eigenvalue weighted by atomic mass is 10.0.